The van der Waals surface area contributed by atoms with Gasteiger partial charge in [-0.15, -0.1) is 0 Å². The summed E-state index contributed by atoms with van der Waals surface area (Å²) in [6, 6.07) is 9.78. The Hall–Kier alpha value is -1.56. The fraction of sp³-hybridized carbons (Fsp3) is 0.611. The molecule has 132 valence electrons. The number of carbonyl (C=O) groups is 1. The molecule has 2 aliphatic rings. The lowest BCUT2D eigenvalue weighted by atomic mass is 9.64. The molecule has 0 bridgehead atoms. The molecule has 1 atom stereocenters. The highest BCUT2D eigenvalue weighted by Crippen LogP contribution is 2.43. The van der Waals surface area contributed by atoms with Crippen molar-refractivity contribution in [1.29, 1.82) is 0 Å². The molecule has 3 rings (SSSR count). The summed E-state index contributed by atoms with van der Waals surface area (Å²) >= 11 is 0. The maximum absolute atomic E-state index is 12.7. The Kier molecular flexibility index (Phi) is 4.85. The van der Waals surface area contributed by atoms with E-state index in [1.165, 1.54) is 4.90 Å². The lowest BCUT2D eigenvalue weighted by Crippen LogP contribution is -2.50. The van der Waals surface area contributed by atoms with Gasteiger partial charge in [-0.05, 0) is 37.3 Å². The topological polar surface area (TPSA) is 32.3 Å². The van der Waals surface area contributed by atoms with Crippen molar-refractivity contribution in [3.8, 4) is 0 Å². The quantitative estimate of drug-likeness (QED) is 0.893. The molecule has 1 aromatic rings. The number of likely N-dealkylation sites (tertiary alicyclic amines) is 1. The maximum Gasteiger partial charge on any atom is 0.401 e. The highest BCUT2D eigenvalue weighted by Gasteiger charge is 2.45. The SMILES string of the molecule is O=C(NC[C@H]1CCN(CC(F)(F)F)C1)C1(c2ccccc2)CCC1. The molecule has 1 amide bonds. The molecule has 24 heavy (non-hydrogen) atoms. The molecule has 1 aliphatic carbocycles. The van der Waals surface area contributed by atoms with Crippen molar-refractivity contribution in [2.45, 2.75) is 37.3 Å². The van der Waals surface area contributed by atoms with E-state index < -0.39 is 18.1 Å². The molecule has 1 saturated heterocycles. The minimum absolute atomic E-state index is 0.0224. The Morgan fingerprint density at radius 2 is 1.96 bits per heavy atom. The average Bonchev–Trinajstić information content (AvgIpc) is 2.90. The molecule has 3 nitrogen and oxygen atoms in total. The number of hydrogen-bond acceptors (Lipinski definition) is 2. The van der Waals surface area contributed by atoms with E-state index in [-0.39, 0.29) is 11.8 Å². The van der Waals surface area contributed by atoms with Crippen molar-refractivity contribution >= 4 is 5.91 Å². The predicted octanol–water partition coefficient (Wildman–Crippen LogP) is 3.11. The van der Waals surface area contributed by atoms with Crippen LogP contribution >= 0.6 is 0 Å². The highest BCUT2D eigenvalue weighted by atomic mass is 19.4. The number of amides is 1. The third-order valence-electron chi connectivity index (χ3n) is 5.29. The van der Waals surface area contributed by atoms with Crippen molar-refractivity contribution < 1.29 is 18.0 Å². The van der Waals surface area contributed by atoms with Gasteiger partial charge in [0.25, 0.3) is 0 Å². The Morgan fingerprint density at radius 1 is 1.25 bits per heavy atom. The van der Waals surface area contributed by atoms with Crippen molar-refractivity contribution in [1.82, 2.24) is 10.2 Å². The third kappa shape index (κ3) is 3.74. The van der Waals surface area contributed by atoms with E-state index >= 15 is 0 Å². The van der Waals surface area contributed by atoms with Gasteiger partial charge in [0.15, 0.2) is 0 Å². The molecule has 1 heterocycles. The molecule has 2 fully saturated rings. The molecule has 1 N–H and O–H groups in total. The Labute approximate surface area is 140 Å². The summed E-state index contributed by atoms with van der Waals surface area (Å²) < 4.78 is 37.3. The molecule has 0 unspecified atom stereocenters. The largest absolute Gasteiger partial charge is 0.401 e. The molecular formula is C18H23F3N2O. The lowest BCUT2D eigenvalue weighted by Gasteiger charge is -2.41. The van der Waals surface area contributed by atoms with Crippen LogP contribution in [0.1, 0.15) is 31.2 Å². The van der Waals surface area contributed by atoms with Crippen LogP contribution in [0.25, 0.3) is 0 Å². The first-order chi connectivity index (χ1) is 11.4. The van der Waals surface area contributed by atoms with Gasteiger partial charge in [0.1, 0.15) is 0 Å². The maximum atomic E-state index is 12.7. The number of hydrogen-bond donors (Lipinski definition) is 1. The number of halogens is 3. The van der Waals surface area contributed by atoms with Crippen molar-refractivity contribution in [2.24, 2.45) is 5.92 Å². The molecule has 0 spiro atoms. The fourth-order valence-corrected chi connectivity index (χ4v) is 3.82. The van der Waals surface area contributed by atoms with Crippen molar-refractivity contribution in [2.75, 3.05) is 26.2 Å². The summed E-state index contributed by atoms with van der Waals surface area (Å²) in [7, 11) is 0. The van der Waals surface area contributed by atoms with Gasteiger partial charge in [0, 0.05) is 13.1 Å². The van der Waals surface area contributed by atoms with Gasteiger partial charge < -0.3 is 5.32 Å². The predicted molar refractivity (Wildman–Crippen MR) is 85.6 cm³/mol. The number of nitrogens with one attached hydrogen (secondary N) is 1. The van der Waals surface area contributed by atoms with Crippen LogP contribution in [0.5, 0.6) is 0 Å². The van der Waals surface area contributed by atoms with Crippen LogP contribution in [0.3, 0.4) is 0 Å². The van der Waals surface area contributed by atoms with Gasteiger partial charge >= 0.3 is 6.18 Å². The van der Waals surface area contributed by atoms with E-state index in [0.717, 1.165) is 24.8 Å². The summed E-state index contributed by atoms with van der Waals surface area (Å²) in [6.45, 7) is 0.454. The average molecular weight is 340 g/mol. The highest BCUT2D eigenvalue weighted by molar-refractivity contribution is 5.89. The number of alkyl halides is 3. The smallest absolute Gasteiger partial charge is 0.355 e. The molecule has 0 aromatic heterocycles. The van der Waals surface area contributed by atoms with Crippen LogP contribution in [-0.2, 0) is 10.2 Å². The zero-order valence-corrected chi connectivity index (χ0v) is 13.6. The minimum Gasteiger partial charge on any atom is -0.355 e. The Bertz CT molecular complexity index is 569. The van der Waals surface area contributed by atoms with Crippen molar-refractivity contribution in [3.63, 3.8) is 0 Å². The molecule has 0 radical (unpaired) electrons. The Morgan fingerprint density at radius 3 is 2.54 bits per heavy atom. The van der Waals surface area contributed by atoms with E-state index in [4.69, 9.17) is 0 Å². The molecule has 1 aliphatic heterocycles. The molecule has 1 saturated carbocycles. The number of benzene rings is 1. The molecule has 6 heteroatoms. The van der Waals surface area contributed by atoms with E-state index in [0.29, 0.717) is 26.1 Å². The standard InChI is InChI=1S/C18H23F3N2O/c19-18(20,21)13-23-10-7-14(12-23)11-22-16(24)17(8-4-9-17)15-5-2-1-3-6-15/h1-3,5-6,14H,4,7-13H2,(H,22,24)/t14-/m1/s1. The van der Waals surface area contributed by atoms with Crippen LogP contribution in [0.4, 0.5) is 13.2 Å². The number of carbonyl (C=O) groups excluding carboxylic acids is 1. The zero-order chi connectivity index (χ0) is 17.2. The van der Waals surface area contributed by atoms with Gasteiger partial charge in [-0.1, -0.05) is 36.8 Å². The van der Waals surface area contributed by atoms with Gasteiger partial charge in [-0.2, -0.15) is 13.2 Å². The van der Waals surface area contributed by atoms with Gasteiger partial charge in [-0.25, -0.2) is 0 Å². The van der Waals surface area contributed by atoms with Gasteiger partial charge in [0.2, 0.25) is 5.91 Å². The van der Waals surface area contributed by atoms with Crippen molar-refractivity contribution in [3.05, 3.63) is 35.9 Å². The first-order valence-electron chi connectivity index (χ1n) is 8.52. The van der Waals surface area contributed by atoms with E-state index in [9.17, 15) is 18.0 Å². The summed E-state index contributed by atoms with van der Waals surface area (Å²) in [5.74, 6) is 0.124. The second-order valence-electron chi connectivity index (χ2n) is 7.02. The first-order valence-corrected chi connectivity index (χ1v) is 8.52. The number of rotatable bonds is 5. The third-order valence-corrected chi connectivity index (χ3v) is 5.29. The normalized spacial score (nSPS) is 23.7. The van der Waals surface area contributed by atoms with Crippen LogP contribution in [0.2, 0.25) is 0 Å². The first kappa shape index (κ1) is 17.3. The molecular weight excluding hydrogens is 317 g/mol. The van der Waals surface area contributed by atoms with E-state index in [1.54, 1.807) is 0 Å². The summed E-state index contributed by atoms with van der Waals surface area (Å²) in [5, 5.41) is 3.00. The number of nitrogens with zero attached hydrogens (tertiary/aromatic N) is 1. The van der Waals surface area contributed by atoms with Gasteiger partial charge in [-0.3, -0.25) is 9.69 Å². The van der Waals surface area contributed by atoms with E-state index in [2.05, 4.69) is 5.32 Å². The Balaban J connectivity index is 1.53. The summed E-state index contributed by atoms with van der Waals surface area (Å²) in [6.07, 6.45) is -0.733. The van der Waals surface area contributed by atoms with Crippen LogP contribution in [0, 0.1) is 5.92 Å². The molecule has 1 aromatic carbocycles. The van der Waals surface area contributed by atoms with Crippen LogP contribution in [-0.4, -0.2) is 43.2 Å². The van der Waals surface area contributed by atoms with E-state index in [1.807, 2.05) is 30.3 Å². The second kappa shape index (κ2) is 6.75. The van der Waals surface area contributed by atoms with Crippen LogP contribution < -0.4 is 5.32 Å². The lowest BCUT2D eigenvalue weighted by molar-refractivity contribution is -0.144. The minimum atomic E-state index is -4.15. The van der Waals surface area contributed by atoms with Gasteiger partial charge in [0.05, 0.1) is 12.0 Å². The fourth-order valence-electron chi connectivity index (χ4n) is 3.82. The monoisotopic (exact) mass is 340 g/mol. The van der Waals surface area contributed by atoms with Crippen LogP contribution in [0.15, 0.2) is 30.3 Å². The summed E-state index contributed by atoms with van der Waals surface area (Å²) in [4.78, 5) is 14.1. The second-order valence-corrected chi connectivity index (χ2v) is 7.02. The summed E-state index contributed by atoms with van der Waals surface area (Å²) in [5.41, 5.74) is 0.602. The zero-order valence-electron chi connectivity index (χ0n) is 13.6.